The summed E-state index contributed by atoms with van der Waals surface area (Å²) in [7, 11) is 1.16. The zero-order chi connectivity index (χ0) is 22.6. The number of nitrogens with one attached hydrogen (secondary N) is 1. The molecule has 2 aromatic rings. The maximum absolute atomic E-state index is 13.0. The molecule has 3 rings (SSSR count). The number of hydrazone groups is 1. The molecule has 0 saturated carbocycles. The van der Waals surface area contributed by atoms with Gasteiger partial charge in [-0.15, -0.1) is 0 Å². The number of anilines is 1. The standard InChI is InChI=1S/C21H19BrClN3O5/c1-3-31-19(28)21(18(27)30-2)12-26(20(29)24-16-10-6-14(22)7-11-16)25-17(21)13-4-8-15(23)9-5-13/h4-11H,3,12H2,1-2H3,(H,24,29). The van der Waals surface area contributed by atoms with Gasteiger partial charge in [0.2, 0.25) is 5.41 Å². The molecule has 0 spiro atoms. The fourth-order valence-electron chi connectivity index (χ4n) is 3.13. The van der Waals surface area contributed by atoms with E-state index in [1.54, 1.807) is 55.5 Å². The maximum atomic E-state index is 13.0. The van der Waals surface area contributed by atoms with Crippen LogP contribution in [0.1, 0.15) is 12.5 Å². The third-order valence-corrected chi connectivity index (χ3v) is 5.40. The van der Waals surface area contributed by atoms with Crippen LogP contribution in [0.5, 0.6) is 0 Å². The summed E-state index contributed by atoms with van der Waals surface area (Å²) < 4.78 is 11.0. The van der Waals surface area contributed by atoms with E-state index in [2.05, 4.69) is 26.3 Å². The van der Waals surface area contributed by atoms with Crippen LogP contribution in [0.15, 0.2) is 58.1 Å². The zero-order valence-corrected chi connectivity index (χ0v) is 19.1. The molecule has 10 heteroatoms. The third kappa shape index (κ3) is 4.57. The van der Waals surface area contributed by atoms with Gasteiger partial charge in [0.15, 0.2) is 0 Å². The molecule has 1 atom stereocenters. The van der Waals surface area contributed by atoms with Crippen molar-refractivity contribution in [2.45, 2.75) is 6.92 Å². The number of carbonyl (C=O) groups excluding carboxylic acids is 3. The molecule has 0 aliphatic carbocycles. The SMILES string of the molecule is CCOC(=O)C1(C(=O)OC)CN(C(=O)Nc2ccc(Br)cc2)N=C1c1ccc(Cl)cc1. The van der Waals surface area contributed by atoms with Crippen molar-refractivity contribution in [1.82, 2.24) is 5.01 Å². The van der Waals surface area contributed by atoms with Crippen LogP contribution in [0.2, 0.25) is 5.02 Å². The highest BCUT2D eigenvalue weighted by atomic mass is 79.9. The molecule has 1 aliphatic heterocycles. The van der Waals surface area contributed by atoms with E-state index in [0.29, 0.717) is 16.3 Å². The molecule has 1 N–H and O–H groups in total. The van der Waals surface area contributed by atoms with Crippen LogP contribution in [-0.4, -0.2) is 49.0 Å². The van der Waals surface area contributed by atoms with Gasteiger partial charge in [-0.2, -0.15) is 5.10 Å². The van der Waals surface area contributed by atoms with Crippen molar-refractivity contribution in [2.24, 2.45) is 10.5 Å². The first-order chi connectivity index (χ1) is 14.8. The second-order valence-electron chi connectivity index (χ2n) is 6.57. The Hall–Kier alpha value is -2.91. The van der Waals surface area contributed by atoms with Crippen molar-refractivity contribution >= 4 is 56.9 Å². The Labute approximate surface area is 192 Å². The predicted octanol–water partition coefficient (Wildman–Crippen LogP) is 4.08. The van der Waals surface area contributed by atoms with Gasteiger partial charge in [0, 0.05) is 15.2 Å². The fraction of sp³-hybridized carbons (Fsp3) is 0.238. The summed E-state index contributed by atoms with van der Waals surface area (Å²) in [5.74, 6) is -1.73. The molecule has 0 bridgehead atoms. The monoisotopic (exact) mass is 507 g/mol. The number of benzene rings is 2. The highest BCUT2D eigenvalue weighted by Crippen LogP contribution is 2.35. The lowest BCUT2D eigenvalue weighted by Crippen LogP contribution is -2.51. The molecular weight excluding hydrogens is 490 g/mol. The number of methoxy groups -OCH3 is 1. The van der Waals surface area contributed by atoms with E-state index in [1.807, 2.05) is 0 Å². The average Bonchev–Trinajstić information content (AvgIpc) is 3.17. The van der Waals surface area contributed by atoms with E-state index in [9.17, 15) is 14.4 Å². The lowest BCUT2D eigenvalue weighted by Gasteiger charge is -2.25. The van der Waals surface area contributed by atoms with Crippen molar-refractivity contribution < 1.29 is 23.9 Å². The minimum absolute atomic E-state index is 0.0383. The second-order valence-corrected chi connectivity index (χ2v) is 7.92. The molecule has 1 aliphatic rings. The summed E-state index contributed by atoms with van der Waals surface area (Å²) in [6.07, 6.45) is 0. The van der Waals surface area contributed by atoms with Gasteiger partial charge in [0.05, 0.1) is 26.0 Å². The van der Waals surface area contributed by atoms with Crippen LogP contribution in [0.4, 0.5) is 10.5 Å². The molecule has 0 saturated heterocycles. The molecule has 31 heavy (non-hydrogen) atoms. The molecular formula is C21H19BrClN3O5. The van der Waals surface area contributed by atoms with Gasteiger partial charge in [-0.05, 0) is 48.9 Å². The van der Waals surface area contributed by atoms with Crippen molar-refractivity contribution in [2.75, 3.05) is 25.6 Å². The number of ether oxygens (including phenoxy) is 2. The Kier molecular flexibility index (Phi) is 6.97. The van der Waals surface area contributed by atoms with E-state index in [1.165, 1.54) is 0 Å². The number of urea groups is 1. The van der Waals surface area contributed by atoms with Crippen LogP contribution >= 0.6 is 27.5 Å². The van der Waals surface area contributed by atoms with Gasteiger partial charge >= 0.3 is 18.0 Å². The van der Waals surface area contributed by atoms with E-state index in [-0.39, 0.29) is 18.9 Å². The molecule has 1 heterocycles. The van der Waals surface area contributed by atoms with Gasteiger partial charge in [-0.1, -0.05) is 39.7 Å². The lowest BCUT2D eigenvalue weighted by atomic mass is 9.80. The van der Waals surface area contributed by atoms with Crippen LogP contribution in [-0.2, 0) is 19.1 Å². The van der Waals surface area contributed by atoms with Gasteiger partial charge in [-0.25, -0.2) is 9.80 Å². The van der Waals surface area contributed by atoms with Crippen LogP contribution in [0, 0.1) is 5.41 Å². The number of amides is 2. The normalized spacial score (nSPS) is 17.7. The maximum Gasteiger partial charge on any atom is 0.342 e. The largest absolute Gasteiger partial charge is 0.468 e. The molecule has 0 aromatic heterocycles. The second kappa shape index (κ2) is 9.49. The minimum Gasteiger partial charge on any atom is -0.468 e. The Morgan fingerprint density at radius 2 is 1.77 bits per heavy atom. The molecule has 1 unspecified atom stereocenters. The van der Waals surface area contributed by atoms with Crippen LogP contribution < -0.4 is 5.32 Å². The van der Waals surface area contributed by atoms with Crippen molar-refractivity contribution in [3.05, 3.63) is 63.6 Å². The lowest BCUT2D eigenvalue weighted by molar-refractivity contribution is -0.164. The molecule has 0 radical (unpaired) electrons. The molecule has 162 valence electrons. The quantitative estimate of drug-likeness (QED) is 0.485. The number of halogens is 2. The number of esters is 2. The summed E-state index contributed by atoms with van der Waals surface area (Å²) in [6.45, 7) is 1.28. The molecule has 8 nitrogen and oxygen atoms in total. The highest BCUT2D eigenvalue weighted by molar-refractivity contribution is 9.10. The van der Waals surface area contributed by atoms with Crippen LogP contribution in [0.3, 0.4) is 0 Å². The number of hydrogen-bond acceptors (Lipinski definition) is 6. The minimum atomic E-state index is -1.93. The fourth-order valence-corrected chi connectivity index (χ4v) is 3.52. The van der Waals surface area contributed by atoms with E-state index < -0.39 is 23.4 Å². The Morgan fingerprint density at radius 1 is 1.13 bits per heavy atom. The number of nitrogens with zero attached hydrogens (tertiary/aromatic N) is 2. The smallest absolute Gasteiger partial charge is 0.342 e. The van der Waals surface area contributed by atoms with Gasteiger partial charge in [0.1, 0.15) is 0 Å². The van der Waals surface area contributed by atoms with E-state index in [0.717, 1.165) is 16.6 Å². The summed E-state index contributed by atoms with van der Waals surface area (Å²) in [4.78, 5) is 38.7. The van der Waals surface area contributed by atoms with Crippen molar-refractivity contribution in [3.8, 4) is 0 Å². The summed E-state index contributed by atoms with van der Waals surface area (Å²) >= 11 is 9.30. The van der Waals surface area contributed by atoms with Crippen LogP contribution in [0.25, 0.3) is 0 Å². The summed E-state index contributed by atoms with van der Waals surface area (Å²) in [5.41, 5.74) is -0.944. The number of rotatable bonds is 5. The molecule has 2 aromatic carbocycles. The Bertz CT molecular complexity index is 1030. The topological polar surface area (TPSA) is 97.3 Å². The zero-order valence-electron chi connectivity index (χ0n) is 16.7. The van der Waals surface area contributed by atoms with E-state index in [4.69, 9.17) is 21.1 Å². The first-order valence-corrected chi connectivity index (χ1v) is 10.4. The van der Waals surface area contributed by atoms with Crippen molar-refractivity contribution in [1.29, 1.82) is 0 Å². The first-order valence-electron chi connectivity index (χ1n) is 9.26. The van der Waals surface area contributed by atoms with Gasteiger partial charge in [0.25, 0.3) is 0 Å². The Balaban J connectivity index is 2.03. The first kappa shape index (κ1) is 22.8. The number of hydrogen-bond donors (Lipinski definition) is 1. The van der Waals surface area contributed by atoms with E-state index >= 15 is 0 Å². The summed E-state index contributed by atoms with van der Waals surface area (Å²) in [6, 6.07) is 12.7. The van der Waals surface area contributed by atoms with Crippen molar-refractivity contribution in [3.63, 3.8) is 0 Å². The predicted molar refractivity (Wildman–Crippen MR) is 119 cm³/mol. The molecule has 2 amide bonds. The number of carbonyl (C=O) groups is 3. The summed E-state index contributed by atoms with van der Waals surface area (Å²) in [5, 5.41) is 8.48. The average molecular weight is 509 g/mol. The molecule has 0 fully saturated rings. The Morgan fingerprint density at radius 3 is 2.35 bits per heavy atom. The van der Waals surface area contributed by atoms with Gasteiger partial charge in [-0.3, -0.25) is 9.59 Å². The van der Waals surface area contributed by atoms with Gasteiger partial charge < -0.3 is 14.8 Å². The third-order valence-electron chi connectivity index (χ3n) is 4.62. The highest BCUT2D eigenvalue weighted by Gasteiger charge is 2.59.